The van der Waals surface area contributed by atoms with Crippen LogP contribution in [0.15, 0.2) is 24.3 Å². The molecule has 0 radical (unpaired) electrons. The van der Waals surface area contributed by atoms with Crippen molar-refractivity contribution >= 4 is 0 Å². The molecule has 0 amide bonds. The summed E-state index contributed by atoms with van der Waals surface area (Å²) in [6.45, 7) is 14.8. The van der Waals surface area contributed by atoms with Gasteiger partial charge in [0.2, 0.25) is 0 Å². The molecule has 0 aromatic heterocycles. The third-order valence-corrected chi connectivity index (χ3v) is 4.10. The Balaban J connectivity index is 2.46. The zero-order valence-corrected chi connectivity index (χ0v) is 14.3. The largest absolute Gasteiger partial charge is 0.314 e. The number of hydrogen-bond donors (Lipinski definition) is 1. The average molecular weight is 275 g/mol. The lowest BCUT2D eigenvalue weighted by Crippen LogP contribution is -2.40. The Kier molecular flexibility index (Phi) is 6.75. The van der Waals surface area contributed by atoms with Gasteiger partial charge in [0.05, 0.1) is 0 Å². The van der Waals surface area contributed by atoms with Crippen LogP contribution in [0.3, 0.4) is 0 Å². The van der Waals surface area contributed by atoms with Crippen LogP contribution >= 0.6 is 0 Å². The van der Waals surface area contributed by atoms with Gasteiger partial charge in [-0.05, 0) is 48.3 Å². The standard InChI is InChI=1S/C19H33N/c1-7-20-18(19(4,5)6)10-8-9-16-11-13-17(14-12-16)15(2)3/h11-15,18,20H,7-10H2,1-6H3. The molecule has 20 heavy (non-hydrogen) atoms. The minimum absolute atomic E-state index is 0.345. The molecule has 0 heterocycles. The SMILES string of the molecule is CCNC(CCCc1ccc(C(C)C)cc1)C(C)(C)C. The van der Waals surface area contributed by atoms with Crippen molar-refractivity contribution in [3.05, 3.63) is 35.4 Å². The maximum absolute atomic E-state index is 3.63. The van der Waals surface area contributed by atoms with E-state index in [1.807, 2.05) is 0 Å². The molecule has 0 bridgehead atoms. The molecule has 1 heteroatoms. The Hall–Kier alpha value is -0.820. The summed E-state index contributed by atoms with van der Waals surface area (Å²) in [6.07, 6.45) is 3.70. The normalized spacial score (nSPS) is 13.8. The number of nitrogens with one attached hydrogen (secondary N) is 1. The van der Waals surface area contributed by atoms with Gasteiger partial charge < -0.3 is 5.32 Å². The zero-order valence-electron chi connectivity index (χ0n) is 14.3. The summed E-state index contributed by atoms with van der Waals surface area (Å²) < 4.78 is 0. The summed E-state index contributed by atoms with van der Waals surface area (Å²) >= 11 is 0. The molecule has 114 valence electrons. The van der Waals surface area contributed by atoms with Crippen LogP contribution in [0.5, 0.6) is 0 Å². The van der Waals surface area contributed by atoms with E-state index < -0.39 is 0 Å². The van der Waals surface area contributed by atoms with Crippen molar-refractivity contribution in [2.24, 2.45) is 5.41 Å². The van der Waals surface area contributed by atoms with Crippen molar-refractivity contribution < 1.29 is 0 Å². The zero-order chi connectivity index (χ0) is 15.2. The molecule has 0 aliphatic heterocycles. The lowest BCUT2D eigenvalue weighted by Gasteiger charge is -2.31. The van der Waals surface area contributed by atoms with Gasteiger partial charge in [-0.2, -0.15) is 0 Å². The number of hydrogen-bond acceptors (Lipinski definition) is 1. The molecule has 0 saturated heterocycles. The third-order valence-electron chi connectivity index (χ3n) is 4.10. The summed E-state index contributed by atoms with van der Waals surface area (Å²) in [5.41, 5.74) is 3.25. The molecule has 0 spiro atoms. The summed E-state index contributed by atoms with van der Waals surface area (Å²) in [4.78, 5) is 0. The lowest BCUT2D eigenvalue weighted by atomic mass is 9.83. The van der Waals surface area contributed by atoms with Crippen molar-refractivity contribution in [3.8, 4) is 0 Å². The van der Waals surface area contributed by atoms with E-state index in [9.17, 15) is 0 Å². The molecule has 0 saturated carbocycles. The predicted molar refractivity (Wildman–Crippen MR) is 90.4 cm³/mol. The summed E-state index contributed by atoms with van der Waals surface area (Å²) in [7, 11) is 0. The van der Waals surface area contributed by atoms with Crippen LogP contribution in [0.1, 0.15) is 71.4 Å². The van der Waals surface area contributed by atoms with Crippen molar-refractivity contribution in [1.29, 1.82) is 0 Å². The highest BCUT2D eigenvalue weighted by Crippen LogP contribution is 2.24. The van der Waals surface area contributed by atoms with Gasteiger partial charge >= 0.3 is 0 Å². The van der Waals surface area contributed by atoms with Gasteiger partial charge in [0, 0.05) is 6.04 Å². The molecule has 0 fully saturated rings. The van der Waals surface area contributed by atoms with E-state index in [0.29, 0.717) is 17.4 Å². The average Bonchev–Trinajstić information content (AvgIpc) is 2.37. The van der Waals surface area contributed by atoms with Gasteiger partial charge in [0.1, 0.15) is 0 Å². The Morgan fingerprint density at radius 3 is 2.10 bits per heavy atom. The van der Waals surface area contributed by atoms with E-state index in [4.69, 9.17) is 0 Å². The molecule has 1 nitrogen and oxygen atoms in total. The highest BCUT2D eigenvalue weighted by molar-refractivity contribution is 5.24. The maximum atomic E-state index is 3.63. The molecular weight excluding hydrogens is 242 g/mol. The topological polar surface area (TPSA) is 12.0 Å². The minimum Gasteiger partial charge on any atom is -0.314 e. The smallest absolute Gasteiger partial charge is 0.0116 e. The van der Waals surface area contributed by atoms with Crippen LogP contribution < -0.4 is 5.32 Å². The van der Waals surface area contributed by atoms with Crippen LogP contribution in [-0.4, -0.2) is 12.6 Å². The van der Waals surface area contributed by atoms with Gasteiger partial charge in [-0.3, -0.25) is 0 Å². The monoisotopic (exact) mass is 275 g/mol. The van der Waals surface area contributed by atoms with Gasteiger partial charge in [-0.25, -0.2) is 0 Å². The number of rotatable bonds is 7. The molecule has 1 N–H and O–H groups in total. The Bertz CT molecular complexity index is 370. The fourth-order valence-electron chi connectivity index (χ4n) is 2.67. The number of aryl methyl sites for hydroxylation is 1. The highest BCUT2D eigenvalue weighted by atomic mass is 14.9. The van der Waals surface area contributed by atoms with E-state index in [2.05, 4.69) is 71.1 Å². The van der Waals surface area contributed by atoms with Crippen molar-refractivity contribution in [2.45, 2.75) is 72.8 Å². The van der Waals surface area contributed by atoms with E-state index in [-0.39, 0.29) is 0 Å². The van der Waals surface area contributed by atoms with Gasteiger partial charge in [0.25, 0.3) is 0 Å². The Morgan fingerprint density at radius 2 is 1.65 bits per heavy atom. The quantitative estimate of drug-likeness (QED) is 0.725. The Morgan fingerprint density at radius 1 is 1.05 bits per heavy atom. The van der Waals surface area contributed by atoms with Crippen molar-refractivity contribution in [2.75, 3.05) is 6.54 Å². The van der Waals surface area contributed by atoms with Crippen LogP contribution in [0.25, 0.3) is 0 Å². The molecule has 1 atom stereocenters. The second kappa shape index (κ2) is 7.83. The summed E-state index contributed by atoms with van der Waals surface area (Å²) in [6, 6.07) is 9.78. The van der Waals surface area contributed by atoms with Gasteiger partial charge in [0.15, 0.2) is 0 Å². The van der Waals surface area contributed by atoms with E-state index in [0.717, 1.165) is 6.54 Å². The molecule has 0 aliphatic carbocycles. The second-order valence-corrected chi connectivity index (χ2v) is 7.26. The van der Waals surface area contributed by atoms with E-state index >= 15 is 0 Å². The first-order valence-electron chi connectivity index (χ1n) is 8.16. The first-order valence-corrected chi connectivity index (χ1v) is 8.16. The van der Waals surface area contributed by atoms with Crippen LogP contribution in [-0.2, 0) is 6.42 Å². The summed E-state index contributed by atoms with van der Waals surface area (Å²) in [5.74, 6) is 0.628. The molecule has 1 aromatic rings. The minimum atomic E-state index is 0.345. The third kappa shape index (κ3) is 5.66. The van der Waals surface area contributed by atoms with Crippen LogP contribution in [0.4, 0.5) is 0 Å². The lowest BCUT2D eigenvalue weighted by molar-refractivity contribution is 0.254. The van der Waals surface area contributed by atoms with E-state index in [1.165, 1.54) is 30.4 Å². The second-order valence-electron chi connectivity index (χ2n) is 7.26. The molecule has 1 rings (SSSR count). The fraction of sp³-hybridized carbons (Fsp3) is 0.684. The molecule has 1 aromatic carbocycles. The van der Waals surface area contributed by atoms with Crippen LogP contribution in [0, 0.1) is 5.41 Å². The van der Waals surface area contributed by atoms with E-state index in [1.54, 1.807) is 0 Å². The Labute approximate surface area is 126 Å². The highest BCUT2D eigenvalue weighted by Gasteiger charge is 2.22. The fourth-order valence-corrected chi connectivity index (χ4v) is 2.67. The predicted octanol–water partition coefficient (Wildman–Crippen LogP) is 5.16. The van der Waals surface area contributed by atoms with Crippen molar-refractivity contribution in [1.82, 2.24) is 5.32 Å². The maximum Gasteiger partial charge on any atom is 0.0116 e. The molecule has 0 aliphatic rings. The van der Waals surface area contributed by atoms with Crippen LogP contribution in [0.2, 0.25) is 0 Å². The van der Waals surface area contributed by atoms with Gasteiger partial charge in [-0.15, -0.1) is 0 Å². The van der Waals surface area contributed by atoms with Gasteiger partial charge in [-0.1, -0.05) is 65.8 Å². The molecular formula is C19H33N. The summed E-state index contributed by atoms with van der Waals surface area (Å²) in [5, 5.41) is 3.63. The first kappa shape index (κ1) is 17.2. The first-order chi connectivity index (χ1) is 9.34. The molecule has 1 unspecified atom stereocenters. The van der Waals surface area contributed by atoms with Crippen molar-refractivity contribution in [3.63, 3.8) is 0 Å². The number of benzene rings is 1.